The minimum atomic E-state index is -0.504. The van der Waals surface area contributed by atoms with Gasteiger partial charge in [-0.2, -0.15) is 0 Å². The highest BCUT2D eigenvalue weighted by molar-refractivity contribution is 9.10. The third-order valence-electron chi connectivity index (χ3n) is 2.69. The van der Waals surface area contributed by atoms with E-state index in [1.165, 1.54) is 6.07 Å². The Morgan fingerprint density at radius 2 is 2.00 bits per heavy atom. The molecule has 0 radical (unpaired) electrons. The van der Waals surface area contributed by atoms with Crippen LogP contribution in [0, 0.1) is 5.82 Å². The van der Waals surface area contributed by atoms with E-state index in [-0.39, 0.29) is 15.3 Å². The quantitative estimate of drug-likeness (QED) is 0.569. The molecule has 0 aliphatic rings. The molecule has 1 aromatic heterocycles. The van der Waals surface area contributed by atoms with Crippen LogP contribution in [0.1, 0.15) is 0 Å². The average Bonchev–Trinajstić information content (AvgIpc) is 2.34. The molecule has 90 valence electrons. The molecule has 0 atom stereocenters. The lowest BCUT2D eigenvalue weighted by molar-refractivity contribution is 0.617. The van der Waals surface area contributed by atoms with Gasteiger partial charge in [0.05, 0.1) is 20.3 Å². The van der Waals surface area contributed by atoms with Gasteiger partial charge in [0.25, 0.3) is 0 Å². The van der Waals surface area contributed by atoms with Crippen molar-refractivity contribution in [3.8, 4) is 0 Å². The Bertz CT molecular complexity index is 842. The summed E-state index contributed by atoms with van der Waals surface area (Å²) >= 11 is 9.04. The highest BCUT2D eigenvalue weighted by Crippen LogP contribution is 2.27. The summed E-state index contributed by atoms with van der Waals surface area (Å²) in [5, 5.41) is 0.897. The molecule has 3 aromatic rings. The maximum Gasteiger partial charge on any atom is 0.200 e. The van der Waals surface area contributed by atoms with Gasteiger partial charge >= 0.3 is 0 Å². The first-order valence-electron chi connectivity index (χ1n) is 5.08. The van der Waals surface area contributed by atoms with Crippen molar-refractivity contribution in [1.82, 2.24) is 0 Å². The van der Waals surface area contributed by atoms with Crippen LogP contribution in [0.15, 0.2) is 44.0 Å². The highest BCUT2D eigenvalue weighted by Gasteiger charge is 2.12. The van der Waals surface area contributed by atoms with Crippen LogP contribution in [0.4, 0.5) is 4.39 Å². The van der Waals surface area contributed by atoms with Crippen molar-refractivity contribution in [3.63, 3.8) is 0 Å². The molecule has 0 unspecified atom stereocenters. The second kappa shape index (κ2) is 4.07. The summed E-state index contributed by atoms with van der Waals surface area (Å²) in [5.41, 5.74) is 0.323. The molecule has 0 aliphatic heterocycles. The Balaban J connectivity index is 2.61. The van der Waals surface area contributed by atoms with Gasteiger partial charge in [0.1, 0.15) is 11.4 Å². The SMILES string of the molecule is O=c1c2cc(F)c(Br)cc2oc2c(Cl)cccc12. The molecule has 2 aromatic carbocycles. The molecule has 18 heavy (non-hydrogen) atoms. The van der Waals surface area contributed by atoms with Crippen molar-refractivity contribution in [1.29, 1.82) is 0 Å². The molecule has 0 bridgehead atoms. The van der Waals surface area contributed by atoms with E-state index in [0.29, 0.717) is 21.6 Å². The van der Waals surface area contributed by atoms with E-state index in [1.807, 2.05) is 0 Å². The van der Waals surface area contributed by atoms with E-state index in [9.17, 15) is 9.18 Å². The average molecular weight is 328 g/mol. The molecule has 0 aliphatic carbocycles. The fourth-order valence-corrected chi connectivity index (χ4v) is 2.37. The molecule has 1 heterocycles. The summed E-state index contributed by atoms with van der Waals surface area (Å²) < 4.78 is 19.3. The minimum Gasteiger partial charge on any atom is -0.454 e. The van der Waals surface area contributed by atoms with Gasteiger partial charge in [-0.1, -0.05) is 17.7 Å². The number of hydrogen-bond acceptors (Lipinski definition) is 2. The van der Waals surface area contributed by atoms with E-state index in [0.717, 1.165) is 6.07 Å². The molecule has 0 spiro atoms. The molecular formula is C13H5BrClFO2. The number of benzene rings is 2. The maximum atomic E-state index is 13.5. The number of hydrogen-bond donors (Lipinski definition) is 0. The van der Waals surface area contributed by atoms with Gasteiger partial charge < -0.3 is 4.42 Å². The fraction of sp³-hybridized carbons (Fsp3) is 0. The standard InChI is InChI=1S/C13H5BrClFO2/c14-8-5-11-7(4-10(8)16)12(17)6-2-1-3-9(15)13(6)18-11/h1-5H. The third kappa shape index (κ3) is 1.64. The van der Waals surface area contributed by atoms with Crippen LogP contribution in [0.5, 0.6) is 0 Å². The molecular weight excluding hydrogens is 322 g/mol. The van der Waals surface area contributed by atoms with Gasteiger partial charge in [0.2, 0.25) is 5.43 Å². The molecule has 3 rings (SSSR count). The number of para-hydroxylation sites is 1. The van der Waals surface area contributed by atoms with Crippen molar-refractivity contribution in [2.24, 2.45) is 0 Å². The van der Waals surface area contributed by atoms with Crippen molar-refractivity contribution >= 4 is 49.5 Å². The molecule has 0 saturated heterocycles. The summed E-state index contributed by atoms with van der Waals surface area (Å²) in [6, 6.07) is 7.48. The minimum absolute atomic E-state index is 0.200. The summed E-state index contributed by atoms with van der Waals surface area (Å²) in [6.07, 6.45) is 0. The molecule has 0 N–H and O–H groups in total. The van der Waals surface area contributed by atoms with Gasteiger partial charge in [0.15, 0.2) is 5.58 Å². The maximum absolute atomic E-state index is 13.5. The number of fused-ring (bicyclic) bond motifs is 2. The lowest BCUT2D eigenvalue weighted by Gasteiger charge is -2.03. The van der Waals surface area contributed by atoms with Crippen LogP contribution >= 0.6 is 27.5 Å². The summed E-state index contributed by atoms with van der Waals surface area (Å²) in [4.78, 5) is 12.2. The first-order valence-corrected chi connectivity index (χ1v) is 6.25. The molecule has 2 nitrogen and oxygen atoms in total. The van der Waals surface area contributed by atoms with Crippen molar-refractivity contribution in [2.75, 3.05) is 0 Å². The van der Waals surface area contributed by atoms with Crippen molar-refractivity contribution in [3.05, 3.63) is 55.9 Å². The Kier molecular flexibility index (Phi) is 2.64. The summed E-state index contributed by atoms with van der Waals surface area (Å²) in [7, 11) is 0. The lowest BCUT2D eigenvalue weighted by atomic mass is 10.1. The van der Waals surface area contributed by atoms with Crippen LogP contribution in [0.25, 0.3) is 21.9 Å². The van der Waals surface area contributed by atoms with E-state index >= 15 is 0 Å². The van der Waals surface area contributed by atoms with Crippen LogP contribution in [0.3, 0.4) is 0 Å². The highest BCUT2D eigenvalue weighted by atomic mass is 79.9. The van der Waals surface area contributed by atoms with Crippen LogP contribution in [-0.4, -0.2) is 0 Å². The monoisotopic (exact) mass is 326 g/mol. The van der Waals surface area contributed by atoms with Crippen LogP contribution in [0.2, 0.25) is 5.02 Å². The van der Waals surface area contributed by atoms with Crippen LogP contribution in [-0.2, 0) is 0 Å². The fourth-order valence-electron chi connectivity index (χ4n) is 1.84. The zero-order chi connectivity index (χ0) is 12.9. The molecule has 0 saturated carbocycles. The Morgan fingerprint density at radius 1 is 1.22 bits per heavy atom. The van der Waals surface area contributed by atoms with E-state index in [4.69, 9.17) is 16.0 Å². The normalized spacial score (nSPS) is 11.3. The first-order chi connectivity index (χ1) is 8.58. The smallest absolute Gasteiger partial charge is 0.200 e. The molecule has 5 heteroatoms. The van der Waals surface area contributed by atoms with Crippen molar-refractivity contribution in [2.45, 2.75) is 0 Å². The third-order valence-corrected chi connectivity index (χ3v) is 3.60. The second-order valence-electron chi connectivity index (χ2n) is 3.81. The van der Waals surface area contributed by atoms with E-state index < -0.39 is 5.82 Å². The Morgan fingerprint density at radius 3 is 2.78 bits per heavy atom. The van der Waals surface area contributed by atoms with Crippen LogP contribution < -0.4 is 5.43 Å². The molecule has 0 amide bonds. The largest absolute Gasteiger partial charge is 0.454 e. The van der Waals surface area contributed by atoms with Gasteiger partial charge in [0, 0.05) is 0 Å². The molecule has 0 fully saturated rings. The predicted molar refractivity (Wildman–Crippen MR) is 72.7 cm³/mol. The second-order valence-corrected chi connectivity index (χ2v) is 5.07. The van der Waals surface area contributed by atoms with Gasteiger partial charge in [-0.25, -0.2) is 4.39 Å². The summed E-state index contributed by atoms with van der Waals surface area (Å²) in [5.74, 6) is -0.504. The number of halogens is 3. The predicted octanol–water partition coefficient (Wildman–Crippen LogP) is 4.50. The van der Waals surface area contributed by atoms with Gasteiger partial charge in [-0.3, -0.25) is 4.79 Å². The van der Waals surface area contributed by atoms with Gasteiger partial charge in [-0.15, -0.1) is 0 Å². The van der Waals surface area contributed by atoms with E-state index in [2.05, 4.69) is 15.9 Å². The van der Waals surface area contributed by atoms with Crippen molar-refractivity contribution < 1.29 is 8.81 Å². The lowest BCUT2D eigenvalue weighted by Crippen LogP contribution is -2.02. The zero-order valence-electron chi connectivity index (χ0n) is 8.84. The summed E-state index contributed by atoms with van der Waals surface area (Å²) in [6.45, 7) is 0. The van der Waals surface area contributed by atoms with Gasteiger partial charge in [-0.05, 0) is 40.2 Å². The topological polar surface area (TPSA) is 30.2 Å². The first kappa shape index (κ1) is 11.7. The zero-order valence-corrected chi connectivity index (χ0v) is 11.2. The Labute approximate surface area is 114 Å². The Hall–Kier alpha value is -1.39. The number of rotatable bonds is 0. The van der Waals surface area contributed by atoms with E-state index in [1.54, 1.807) is 18.2 Å².